The van der Waals surface area contributed by atoms with E-state index in [-0.39, 0.29) is 11.3 Å². The van der Waals surface area contributed by atoms with Crippen molar-refractivity contribution in [3.63, 3.8) is 0 Å². The van der Waals surface area contributed by atoms with Crippen molar-refractivity contribution in [2.75, 3.05) is 6.54 Å². The van der Waals surface area contributed by atoms with E-state index < -0.39 is 0 Å². The van der Waals surface area contributed by atoms with Gasteiger partial charge in [-0.15, -0.1) is 0 Å². The van der Waals surface area contributed by atoms with Crippen molar-refractivity contribution in [2.24, 2.45) is 7.05 Å². The van der Waals surface area contributed by atoms with Crippen molar-refractivity contribution in [3.05, 3.63) is 70.9 Å². The van der Waals surface area contributed by atoms with Crippen molar-refractivity contribution in [1.29, 1.82) is 0 Å². The fourth-order valence-electron chi connectivity index (χ4n) is 3.52. The van der Waals surface area contributed by atoms with Crippen LogP contribution < -0.4 is 5.32 Å². The lowest BCUT2D eigenvalue weighted by Gasteiger charge is -2.42. The van der Waals surface area contributed by atoms with Crippen molar-refractivity contribution < 1.29 is 9.21 Å². The Labute approximate surface area is 173 Å². The second kappa shape index (κ2) is 8.05. The summed E-state index contributed by atoms with van der Waals surface area (Å²) in [6.45, 7) is 0.603. The zero-order chi connectivity index (χ0) is 19.6. The number of hydrogen-bond donors (Lipinski definition) is 1. The summed E-state index contributed by atoms with van der Waals surface area (Å²) in [6, 6.07) is 11.5. The minimum atomic E-state index is -0.173. The molecule has 1 aromatic carbocycles. The lowest BCUT2D eigenvalue weighted by molar-refractivity contribution is 0.0898. The summed E-state index contributed by atoms with van der Waals surface area (Å²) >= 11 is 7.59. The highest BCUT2D eigenvalue weighted by molar-refractivity contribution is 7.98. The predicted octanol–water partition coefficient (Wildman–Crippen LogP) is 4.81. The average Bonchev–Trinajstić information content (AvgIpc) is 3.29. The van der Waals surface area contributed by atoms with Gasteiger partial charge < -0.3 is 14.3 Å². The summed E-state index contributed by atoms with van der Waals surface area (Å²) in [4.78, 5) is 16.8. The van der Waals surface area contributed by atoms with E-state index in [2.05, 4.69) is 22.4 Å². The third kappa shape index (κ3) is 3.98. The third-order valence-corrected chi connectivity index (χ3v) is 6.69. The number of nitrogens with one attached hydrogen (secondary N) is 1. The molecule has 1 aliphatic rings. The van der Waals surface area contributed by atoms with Crippen molar-refractivity contribution in [1.82, 2.24) is 14.9 Å². The predicted molar refractivity (Wildman–Crippen MR) is 111 cm³/mol. The highest BCUT2D eigenvalue weighted by atomic mass is 35.5. The van der Waals surface area contributed by atoms with Crippen LogP contribution in [0.1, 0.15) is 41.1 Å². The molecule has 2 aromatic heterocycles. The molecule has 0 aliphatic heterocycles. The Hall–Kier alpha value is -2.18. The Morgan fingerprint density at radius 2 is 2.07 bits per heavy atom. The molecule has 0 spiro atoms. The number of furan rings is 1. The molecule has 0 radical (unpaired) electrons. The zero-order valence-corrected chi connectivity index (χ0v) is 17.2. The first kappa shape index (κ1) is 19.2. The van der Waals surface area contributed by atoms with Gasteiger partial charge in [-0.1, -0.05) is 41.9 Å². The quantitative estimate of drug-likeness (QED) is 0.562. The minimum Gasteiger partial charge on any atom is -0.455 e. The fourth-order valence-corrected chi connectivity index (χ4v) is 4.47. The molecule has 4 rings (SSSR count). The molecule has 0 atom stereocenters. The maximum atomic E-state index is 12.6. The molecule has 5 nitrogen and oxygen atoms in total. The van der Waals surface area contributed by atoms with Gasteiger partial charge in [-0.05, 0) is 42.7 Å². The Bertz CT molecular complexity index is 960. The summed E-state index contributed by atoms with van der Waals surface area (Å²) in [5, 5.41) is 4.70. The van der Waals surface area contributed by atoms with E-state index in [4.69, 9.17) is 16.0 Å². The van der Waals surface area contributed by atoms with E-state index in [0.717, 1.165) is 28.8 Å². The number of carbonyl (C=O) groups is 1. The Balaban J connectivity index is 1.35. The van der Waals surface area contributed by atoms with Gasteiger partial charge in [0.25, 0.3) is 5.91 Å². The molecule has 1 saturated carbocycles. The molecule has 0 bridgehead atoms. The first-order valence-electron chi connectivity index (χ1n) is 9.29. The van der Waals surface area contributed by atoms with Crippen LogP contribution in [0.25, 0.3) is 0 Å². The van der Waals surface area contributed by atoms with E-state index >= 15 is 0 Å². The number of rotatable bonds is 7. The summed E-state index contributed by atoms with van der Waals surface area (Å²) in [5.41, 5.74) is 1.24. The number of nitrogens with zero attached hydrogens (tertiary/aromatic N) is 2. The maximum absolute atomic E-state index is 12.6. The van der Waals surface area contributed by atoms with Gasteiger partial charge in [0.05, 0.1) is 5.75 Å². The van der Waals surface area contributed by atoms with Gasteiger partial charge in [0, 0.05) is 36.4 Å². The van der Waals surface area contributed by atoms with Gasteiger partial charge in [0.2, 0.25) is 0 Å². The molecule has 1 N–H and O–H groups in total. The van der Waals surface area contributed by atoms with Crippen molar-refractivity contribution in [2.45, 2.75) is 35.6 Å². The molecule has 1 aliphatic carbocycles. The molecular weight excluding hydrogens is 394 g/mol. The van der Waals surface area contributed by atoms with Crippen LogP contribution in [-0.2, 0) is 18.2 Å². The Morgan fingerprint density at radius 1 is 1.29 bits per heavy atom. The lowest BCUT2D eigenvalue weighted by atomic mass is 9.64. The van der Waals surface area contributed by atoms with E-state index in [9.17, 15) is 4.79 Å². The molecule has 2 heterocycles. The van der Waals surface area contributed by atoms with Crippen LogP contribution in [0.3, 0.4) is 0 Å². The zero-order valence-electron chi connectivity index (χ0n) is 15.7. The summed E-state index contributed by atoms with van der Waals surface area (Å²) < 4.78 is 7.69. The van der Waals surface area contributed by atoms with Crippen LogP contribution >= 0.6 is 23.4 Å². The van der Waals surface area contributed by atoms with Gasteiger partial charge in [-0.3, -0.25) is 4.79 Å². The number of carbonyl (C=O) groups excluding carboxylic acids is 1. The number of aromatic nitrogens is 2. The highest BCUT2D eigenvalue weighted by Gasteiger charge is 2.39. The van der Waals surface area contributed by atoms with Crippen LogP contribution in [0.5, 0.6) is 0 Å². The van der Waals surface area contributed by atoms with Gasteiger partial charge in [-0.2, -0.15) is 0 Å². The molecule has 0 saturated heterocycles. The number of amides is 1. The first-order chi connectivity index (χ1) is 13.6. The molecule has 0 unspecified atom stereocenters. The molecule has 1 amide bonds. The average molecular weight is 416 g/mol. The van der Waals surface area contributed by atoms with E-state index in [0.29, 0.717) is 18.1 Å². The van der Waals surface area contributed by atoms with Crippen LogP contribution in [0.2, 0.25) is 5.02 Å². The largest absolute Gasteiger partial charge is 0.455 e. The van der Waals surface area contributed by atoms with Gasteiger partial charge in [-0.25, -0.2) is 4.98 Å². The molecule has 146 valence electrons. The molecule has 3 aromatic rings. The van der Waals surface area contributed by atoms with Crippen molar-refractivity contribution in [3.8, 4) is 0 Å². The van der Waals surface area contributed by atoms with Crippen LogP contribution in [0, 0.1) is 0 Å². The Kier molecular flexibility index (Phi) is 5.51. The monoisotopic (exact) mass is 415 g/mol. The molecule has 7 heteroatoms. The Morgan fingerprint density at radius 3 is 2.71 bits per heavy atom. The number of hydrogen-bond acceptors (Lipinski definition) is 4. The van der Waals surface area contributed by atoms with Gasteiger partial charge >= 0.3 is 0 Å². The standard InChI is InChI=1S/C21H22ClN3O2S/c1-25-12-11-23-20(25)28-13-17-7-8-18(27-17)19(26)24-14-21(9-2-10-21)15-3-5-16(22)6-4-15/h3-8,11-12H,2,9-10,13-14H2,1H3,(H,24,26). The second-order valence-electron chi connectivity index (χ2n) is 7.20. The van der Waals surface area contributed by atoms with Crippen molar-refractivity contribution >= 4 is 29.3 Å². The van der Waals surface area contributed by atoms with Crippen LogP contribution in [0.15, 0.2) is 58.4 Å². The van der Waals surface area contributed by atoms with Gasteiger partial charge in [0.15, 0.2) is 10.9 Å². The van der Waals surface area contributed by atoms with E-state index in [1.54, 1.807) is 24.0 Å². The highest BCUT2D eigenvalue weighted by Crippen LogP contribution is 2.43. The molecule has 1 fully saturated rings. The topological polar surface area (TPSA) is 60.1 Å². The smallest absolute Gasteiger partial charge is 0.287 e. The lowest BCUT2D eigenvalue weighted by Crippen LogP contribution is -2.45. The normalized spacial score (nSPS) is 15.2. The molecule has 28 heavy (non-hydrogen) atoms. The fraction of sp³-hybridized carbons (Fsp3) is 0.333. The number of imidazole rings is 1. The van der Waals surface area contributed by atoms with E-state index in [1.165, 1.54) is 12.0 Å². The summed E-state index contributed by atoms with van der Waals surface area (Å²) in [5.74, 6) is 1.57. The first-order valence-corrected chi connectivity index (χ1v) is 10.7. The van der Waals surface area contributed by atoms with E-state index in [1.807, 2.05) is 36.0 Å². The maximum Gasteiger partial charge on any atom is 0.287 e. The van der Waals surface area contributed by atoms with Crippen LogP contribution in [-0.4, -0.2) is 22.0 Å². The van der Waals surface area contributed by atoms with Gasteiger partial charge in [0.1, 0.15) is 5.76 Å². The molecular formula is C21H22ClN3O2S. The summed E-state index contributed by atoms with van der Waals surface area (Å²) in [7, 11) is 1.95. The summed E-state index contributed by atoms with van der Waals surface area (Å²) in [6.07, 6.45) is 6.98. The number of halogens is 1. The number of aryl methyl sites for hydroxylation is 1. The van der Waals surface area contributed by atoms with Crippen LogP contribution in [0.4, 0.5) is 0 Å². The second-order valence-corrected chi connectivity index (χ2v) is 8.58. The number of benzene rings is 1. The number of thioether (sulfide) groups is 1. The minimum absolute atomic E-state index is 0.00370. The SMILES string of the molecule is Cn1ccnc1SCc1ccc(C(=O)NCC2(c3ccc(Cl)cc3)CCC2)o1. The third-order valence-electron chi connectivity index (χ3n) is 5.36.